The summed E-state index contributed by atoms with van der Waals surface area (Å²) in [5.74, 6) is -0.774. The summed E-state index contributed by atoms with van der Waals surface area (Å²) in [4.78, 5) is 25.2. The van der Waals surface area contributed by atoms with Gasteiger partial charge in [-0.15, -0.1) is 9.89 Å². The molecule has 0 fully saturated rings. The molecule has 0 aliphatic rings. The van der Waals surface area contributed by atoms with Crippen LogP contribution in [0.2, 0.25) is 0 Å². The molecule has 1 amide bonds. The molecule has 7 nitrogen and oxygen atoms in total. The minimum Gasteiger partial charge on any atom is -0.346 e. The molecule has 1 aromatic heterocycles. The monoisotopic (exact) mass is 467 g/mol. The third-order valence-corrected chi connectivity index (χ3v) is 4.32. The van der Waals surface area contributed by atoms with Crippen LogP contribution >= 0.6 is 15.9 Å². The SMILES string of the molecule is O=C(NCc1ccc(C(F)(F)F)cc1)c1n[nH]n(N=Cc2ccc(Br)cc2)c1=O. The number of halogens is 4. The van der Waals surface area contributed by atoms with Crippen LogP contribution < -0.4 is 10.9 Å². The van der Waals surface area contributed by atoms with E-state index in [0.29, 0.717) is 5.56 Å². The molecular weight excluding hydrogens is 455 g/mol. The number of carbonyl (C=O) groups excluding carboxylic acids is 1. The Morgan fingerprint density at radius 1 is 1.17 bits per heavy atom. The molecule has 29 heavy (non-hydrogen) atoms. The van der Waals surface area contributed by atoms with Crippen LogP contribution in [0.15, 0.2) is 62.9 Å². The second-order valence-electron chi connectivity index (χ2n) is 5.85. The van der Waals surface area contributed by atoms with Crippen LogP contribution in [0.25, 0.3) is 0 Å². The van der Waals surface area contributed by atoms with Crippen molar-refractivity contribution in [2.45, 2.75) is 12.7 Å². The topological polar surface area (TPSA) is 92.1 Å². The van der Waals surface area contributed by atoms with Crippen LogP contribution in [-0.2, 0) is 12.7 Å². The van der Waals surface area contributed by atoms with Gasteiger partial charge < -0.3 is 5.32 Å². The fraction of sp³-hybridized carbons (Fsp3) is 0.111. The molecule has 3 aromatic rings. The van der Waals surface area contributed by atoms with E-state index in [1.165, 1.54) is 18.3 Å². The Morgan fingerprint density at radius 3 is 2.45 bits per heavy atom. The molecule has 0 saturated heterocycles. The van der Waals surface area contributed by atoms with Crippen molar-refractivity contribution in [2.24, 2.45) is 5.10 Å². The van der Waals surface area contributed by atoms with Gasteiger partial charge in [0, 0.05) is 11.0 Å². The van der Waals surface area contributed by atoms with Crippen LogP contribution in [-0.4, -0.2) is 27.2 Å². The number of aromatic amines is 1. The van der Waals surface area contributed by atoms with E-state index in [4.69, 9.17) is 0 Å². The van der Waals surface area contributed by atoms with Crippen molar-refractivity contribution in [3.8, 4) is 0 Å². The van der Waals surface area contributed by atoms with Gasteiger partial charge in [-0.2, -0.15) is 23.5 Å². The molecule has 0 saturated carbocycles. The average Bonchev–Trinajstić information content (AvgIpc) is 3.06. The molecule has 150 valence electrons. The summed E-state index contributed by atoms with van der Waals surface area (Å²) in [7, 11) is 0. The second-order valence-corrected chi connectivity index (χ2v) is 6.77. The van der Waals surface area contributed by atoms with E-state index >= 15 is 0 Å². The van der Waals surface area contributed by atoms with E-state index in [1.54, 1.807) is 24.3 Å². The minimum atomic E-state index is -4.43. The standard InChI is InChI=1S/C18H13BrF3N5O2/c19-14-7-3-12(4-8-14)10-24-27-17(29)15(25-26-27)16(28)23-9-11-1-5-13(6-2-11)18(20,21)22/h1-8,10,26H,9H2,(H,23,28). The lowest BCUT2D eigenvalue weighted by Gasteiger charge is -2.08. The van der Waals surface area contributed by atoms with Gasteiger partial charge in [-0.25, -0.2) is 0 Å². The Morgan fingerprint density at radius 2 is 1.83 bits per heavy atom. The molecule has 0 radical (unpaired) electrons. The summed E-state index contributed by atoms with van der Waals surface area (Å²) < 4.78 is 38.6. The molecule has 0 bridgehead atoms. The Balaban J connectivity index is 1.64. The number of rotatable bonds is 5. The third-order valence-electron chi connectivity index (χ3n) is 3.79. The molecule has 3 rings (SSSR count). The lowest BCUT2D eigenvalue weighted by molar-refractivity contribution is -0.137. The maximum Gasteiger partial charge on any atom is 0.416 e. The average molecular weight is 468 g/mol. The first-order valence-corrected chi connectivity index (χ1v) is 8.95. The molecule has 11 heteroatoms. The van der Waals surface area contributed by atoms with Crippen LogP contribution in [0.4, 0.5) is 13.2 Å². The molecule has 1 heterocycles. The number of nitrogens with one attached hydrogen (secondary N) is 2. The predicted octanol–water partition coefficient (Wildman–Crippen LogP) is 3.16. The highest BCUT2D eigenvalue weighted by molar-refractivity contribution is 9.10. The van der Waals surface area contributed by atoms with Crippen molar-refractivity contribution in [1.82, 2.24) is 20.4 Å². The van der Waals surface area contributed by atoms with Crippen LogP contribution in [0.1, 0.15) is 27.2 Å². The van der Waals surface area contributed by atoms with E-state index in [9.17, 15) is 22.8 Å². The summed E-state index contributed by atoms with van der Waals surface area (Å²) in [5, 5.41) is 12.3. The normalized spacial score (nSPS) is 11.7. The van der Waals surface area contributed by atoms with E-state index in [-0.39, 0.29) is 6.54 Å². The molecule has 2 N–H and O–H groups in total. The largest absolute Gasteiger partial charge is 0.416 e. The number of amides is 1. The second kappa shape index (κ2) is 8.43. The highest BCUT2D eigenvalue weighted by Crippen LogP contribution is 2.29. The highest BCUT2D eigenvalue weighted by atomic mass is 79.9. The first-order chi connectivity index (χ1) is 13.7. The molecular formula is C18H13BrF3N5O2. The summed E-state index contributed by atoms with van der Waals surface area (Å²) >= 11 is 3.31. The minimum absolute atomic E-state index is 0.0641. The molecule has 0 aliphatic carbocycles. The molecule has 0 atom stereocenters. The lowest BCUT2D eigenvalue weighted by atomic mass is 10.1. The fourth-order valence-corrected chi connectivity index (χ4v) is 2.53. The number of carbonyl (C=O) groups is 1. The number of H-pyrrole nitrogens is 1. The zero-order chi connectivity index (χ0) is 21.0. The van der Waals surface area contributed by atoms with Crippen LogP contribution in [0, 0.1) is 0 Å². The summed E-state index contributed by atoms with van der Waals surface area (Å²) in [6, 6.07) is 11.5. The number of hydrogen-bond acceptors (Lipinski definition) is 4. The van der Waals surface area contributed by atoms with Gasteiger partial charge in [0.1, 0.15) is 0 Å². The van der Waals surface area contributed by atoms with Crippen LogP contribution in [0.5, 0.6) is 0 Å². The number of hydrogen-bond donors (Lipinski definition) is 2. The van der Waals surface area contributed by atoms with Crippen molar-refractivity contribution in [3.63, 3.8) is 0 Å². The number of benzene rings is 2. The van der Waals surface area contributed by atoms with E-state index in [0.717, 1.165) is 27.0 Å². The first kappa shape index (κ1) is 20.5. The molecule has 0 unspecified atom stereocenters. The fourth-order valence-electron chi connectivity index (χ4n) is 2.27. The van der Waals surface area contributed by atoms with Gasteiger partial charge in [0.2, 0.25) is 5.69 Å². The summed E-state index contributed by atoms with van der Waals surface area (Å²) in [6.45, 7) is -0.0641. The smallest absolute Gasteiger partial charge is 0.346 e. The lowest BCUT2D eigenvalue weighted by Crippen LogP contribution is -2.29. The van der Waals surface area contributed by atoms with Gasteiger partial charge in [-0.05, 0) is 35.4 Å². The van der Waals surface area contributed by atoms with Gasteiger partial charge in [0.15, 0.2) is 0 Å². The predicted molar refractivity (Wildman–Crippen MR) is 103 cm³/mol. The highest BCUT2D eigenvalue weighted by Gasteiger charge is 2.29. The van der Waals surface area contributed by atoms with Crippen molar-refractivity contribution in [3.05, 3.63) is 85.7 Å². The van der Waals surface area contributed by atoms with Crippen molar-refractivity contribution in [1.29, 1.82) is 0 Å². The van der Waals surface area contributed by atoms with E-state index in [1.807, 2.05) is 0 Å². The van der Waals surface area contributed by atoms with Gasteiger partial charge in [0.25, 0.3) is 5.91 Å². The Hall–Kier alpha value is -3.21. The van der Waals surface area contributed by atoms with Crippen molar-refractivity contribution < 1.29 is 18.0 Å². The third kappa shape index (κ3) is 5.19. The van der Waals surface area contributed by atoms with Gasteiger partial charge >= 0.3 is 11.7 Å². The Kier molecular flexibility index (Phi) is 5.97. The summed E-state index contributed by atoms with van der Waals surface area (Å²) in [6.07, 6.45) is -3.02. The molecule has 0 spiro atoms. The summed E-state index contributed by atoms with van der Waals surface area (Å²) in [5.41, 5.74) is -0.793. The Bertz CT molecular complexity index is 1090. The zero-order valence-electron chi connectivity index (χ0n) is 14.6. The van der Waals surface area contributed by atoms with Crippen LogP contribution in [0.3, 0.4) is 0 Å². The number of nitrogens with zero attached hydrogens (tertiary/aromatic N) is 3. The maximum atomic E-state index is 12.6. The quantitative estimate of drug-likeness (QED) is 0.564. The van der Waals surface area contributed by atoms with E-state index in [2.05, 4.69) is 36.7 Å². The number of aromatic nitrogens is 3. The van der Waals surface area contributed by atoms with Crippen molar-refractivity contribution >= 4 is 28.1 Å². The van der Waals surface area contributed by atoms with E-state index < -0.39 is 28.9 Å². The van der Waals surface area contributed by atoms with Crippen molar-refractivity contribution in [2.75, 3.05) is 0 Å². The molecule has 0 aliphatic heterocycles. The maximum absolute atomic E-state index is 12.6. The van der Waals surface area contributed by atoms with Gasteiger partial charge in [0.05, 0.1) is 11.8 Å². The van der Waals surface area contributed by atoms with Gasteiger partial charge in [-0.3, -0.25) is 9.59 Å². The number of alkyl halides is 3. The molecule has 2 aromatic carbocycles. The Labute approximate surface area is 170 Å². The zero-order valence-corrected chi connectivity index (χ0v) is 16.2. The first-order valence-electron chi connectivity index (χ1n) is 8.16. The van der Waals surface area contributed by atoms with Gasteiger partial charge in [-0.1, -0.05) is 40.2 Å².